The molecule has 1 aliphatic heterocycles. The van der Waals surface area contributed by atoms with E-state index >= 15 is 0 Å². The van der Waals surface area contributed by atoms with E-state index in [4.69, 9.17) is 26.2 Å². The van der Waals surface area contributed by atoms with Crippen molar-refractivity contribution in [2.75, 3.05) is 7.11 Å². The largest absolute Gasteiger partial charge is 0.310 e. The van der Waals surface area contributed by atoms with Gasteiger partial charge in [0.25, 0.3) is 6.69 Å². The Balaban J connectivity index is 3.05. The van der Waals surface area contributed by atoms with Crippen LogP contribution >= 0.6 is 18.9 Å². The standard InChI is InChI=1S/C13H28O3PS/c1-8(2)11-15-12(9(3)4)17(18,14-7)13(16-11)10(5)6/h8-13,18H,1-7H3/q+1. The fourth-order valence-electron chi connectivity index (χ4n) is 2.32. The van der Waals surface area contributed by atoms with E-state index in [1.165, 1.54) is 0 Å². The van der Waals surface area contributed by atoms with E-state index in [2.05, 4.69) is 41.5 Å². The molecule has 18 heavy (non-hydrogen) atoms. The molecule has 3 nitrogen and oxygen atoms in total. The third-order valence-corrected chi connectivity index (χ3v) is 8.59. The van der Waals surface area contributed by atoms with Gasteiger partial charge in [0, 0.05) is 30.0 Å². The first-order valence-corrected chi connectivity index (χ1v) is 9.71. The Morgan fingerprint density at radius 3 is 1.50 bits per heavy atom. The van der Waals surface area contributed by atoms with Gasteiger partial charge in [-0.05, 0) is 0 Å². The van der Waals surface area contributed by atoms with Crippen molar-refractivity contribution in [3.8, 4) is 0 Å². The highest BCUT2D eigenvalue weighted by Crippen LogP contribution is 2.76. The SMILES string of the molecule is CO[P+]1(S)C(C(C)C)OC(C(C)C)OC1C(C)C. The summed E-state index contributed by atoms with van der Waals surface area (Å²) >= 11 is 4.87. The fraction of sp³-hybridized carbons (Fsp3) is 1.00. The Morgan fingerprint density at radius 2 is 1.28 bits per heavy atom. The molecule has 1 saturated heterocycles. The highest BCUT2D eigenvalue weighted by Gasteiger charge is 2.61. The van der Waals surface area contributed by atoms with Crippen molar-refractivity contribution in [1.29, 1.82) is 0 Å². The van der Waals surface area contributed by atoms with Gasteiger partial charge in [0.05, 0.1) is 7.11 Å². The summed E-state index contributed by atoms with van der Waals surface area (Å²) in [7, 11) is 1.73. The molecule has 0 amide bonds. The van der Waals surface area contributed by atoms with Crippen LogP contribution < -0.4 is 0 Å². The maximum Gasteiger partial charge on any atom is 0.259 e. The number of thiol groups is 1. The second kappa shape index (κ2) is 6.41. The molecule has 0 aromatic carbocycles. The van der Waals surface area contributed by atoms with Crippen LogP contribution in [-0.4, -0.2) is 25.1 Å². The van der Waals surface area contributed by atoms with Crippen LogP contribution in [0.1, 0.15) is 41.5 Å². The molecule has 2 unspecified atom stereocenters. The van der Waals surface area contributed by atoms with Gasteiger partial charge in [-0.2, -0.15) is 0 Å². The highest BCUT2D eigenvalue weighted by atomic mass is 32.7. The smallest absolute Gasteiger partial charge is 0.259 e. The molecule has 1 fully saturated rings. The lowest BCUT2D eigenvalue weighted by Gasteiger charge is -2.44. The van der Waals surface area contributed by atoms with Gasteiger partial charge in [-0.3, -0.25) is 0 Å². The number of ether oxygens (including phenoxy) is 2. The first-order valence-electron chi connectivity index (χ1n) is 6.71. The monoisotopic (exact) mass is 295 g/mol. The maximum absolute atomic E-state index is 6.12. The Morgan fingerprint density at radius 1 is 0.889 bits per heavy atom. The summed E-state index contributed by atoms with van der Waals surface area (Å²) in [6.07, 6.45) is -0.153. The summed E-state index contributed by atoms with van der Waals surface area (Å²) in [6.45, 7) is 10.9. The average molecular weight is 295 g/mol. The average Bonchev–Trinajstić information content (AvgIpc) is 2.27. The van der Waals surface area contributed by atoms with Crippen molar-refractivity contribution in [3.05, 3.63) is 0 Å². The molecular weight excluding hydrogens is 267 g/mol. The molecule has 2 atom stereocenters. The van der Waals surface area contributed by atoms with Gasteiger partial charge in [0.1, 0.15) is 0 Å². The minimum atomic E-state index is -2.00. The van der Waals surface area contributed by atoms with Crippen LogP contribution in [-0.2, 0) is 14.0 Å². The summed E-state index contributed by atoms with van der Waals surface area (Å²) in [5.74, 6) is 1.18. The maximum atomic E-state index is 6.12. The first kappa shape index (κ1) is 16.7. The molecule has 1 heterocycles. The van der Waals surface area contributed by atoms with Gasteiger partial charge < -0.3 is 9.47 Å². The van der Waals surface area contributed by atoms with Crippen LogP contribution in [0.5, 0.6) is 0 Å². The van der Waals surface area contributed by atoms with Crippen LogP contribution in [0.3, 0.4) is 0 Å². The summed E-state index contributed by atoms with van der Waals surface area (Å²) in [6, 6.07) is 0. The zero-order valence-corrected chi connectivity index (χ0v) is 14.4. The third-order valence-electron chi connectivity index (χ3n) is 3.25. The van der Waals surface area contributed by atoms with Crippen molar-refractivity contribution >= 4 is 18.9 Å². The fourth-order valence-corrected chi connectivity index (χ4v) is 7.25. The number of hydrogen-bond donors (Lipinski definition) is 1. The van der Waals surface area contributed by atoms with E-state index in [0.29, 0.717) is 17.8 Å². The van der Waals surface area contributed by atoms with E-state index in [1.807, 2.05) is 0 Å². The second-order valence-corrected chi connectivity index (χ2v) is 10.6. The highest BCUT2D eigenvalue weighted by molar-refractivity contribution is 8.51. The lowest BCUT2D eigenvalue weighted by molar-refractivity contribution is -0.216. The zero-order chi connectivity index (χ0) is 14.1. The third kappa shape index (κ3) is 3.21. The molecule has 1 aliphatic rings. The van der Waals surface area contributed by atoms with Gasteiger partial charge in [-0.1, -0.05) is 41.5 Å². The van der Waals surface area contributed by atoms with Crippen molar-refractivity contribution < 1.29 is 14.0 Å². The molecular formula is C13H28O3PS+. The van der Waals surface area contributed by atoms with Crippen LogP contribution in [0.15, 0.2) is 0 Å². The van der Waals surface area contributed by atoms with E-state index in [0.717, 1.165) is 0 Å². The lowest BCUT2D eigenvalue weighted by Crippen LogP contribution is -2.45. The minimum Gasteiger partial charge on any atom is -0.310 e. The van der Waals surface area contributed by atoms with E-state index < -0.39 is 6.69 Å². The number of rotatable bonds is 4. The topological polar surface area (TPSA) is 27.7 Å². The van der Waals surface area contributed by atoms with Gasteiger partial charge in [0.2, 0.25) is 11.7 Å². The van der Waals surface area contributed by atoms with Crippen LogP contribution in [0.25, 0.3) is 0 Å². The van der Waals surface area contributed by atoms with Crippen molar-refractivity contribution in [1.82, 2.24) is 0 Å². The first-order chi connectivity index (χ1) is 8.24. The molecule has 0 aliphatic carbocycles. The Bertz CT molecular complexity index is 253. The summed E-state index contributed by atoms with van der Waals surface area (Å²) in [5, 5.41) is 0. The molecule has 0 aromatic rings. The van der Waals surface area contributed by atoms with Gasteiger partial charge in [-0.15, -0.1) is 0 Å². The minimum absolute atomic E-state index is 0.0411. The molecule has 0 spiro atoms. The van der Waals surface area contributed by atoms with E-state index in [1.54, 1.807) is 7.11 Å². The molecule has 0 radical (unpaired) electrons. The van der Waals surface area contributed by atoms with Crippen molar-refractivity contribution in [2.24, 2.45) is 17.8 Å². The van der Waals surface area contributed by atoms with Gasteiger partial charge in [-0.25, -0.2) is 4.52 Å². The molecule has 0 saturated carbocycles. The van der Waals surface area contributed by atoms with Crippen LogP contribution in [0.2, 0.25) is 0 Å². The van der Waals surface area contributed by atoms with E-state index in [-0.39, 0.29) is 18.0 Å². The second-order valence-electron chi connectivity index (χ2n) is 6.01. The molecule has 1 rings (SSSR count). The number of hydrogen-bond acceptors (Lipinski definition) is 4. The lowest BCUT2D eigenvalue weighted by atomic mass is 10.2. The summed E-state index contributed by atoms with van der Waals surface area (Å²) in [5.41, 5.74) is 0. The van der Waals surface area contributed by atoms with E-state index in [9.17, 15) is 0 Å². The summed E-state index contributed by atoms with van der Waals surface area (Å²) < 4.78 is 18.0. The molecule has 0 aromatic heterocycles. The van der Waals surface area contributed by atoms with Gasteiger partial charge >= 0.3 is 0 Å². The zero-order valence-electron chi connectivity index (χ0n) is 12.6. The van der Waals surface area contributed by atoms with Gasteiger partial charge in [0.15, 0.2) is 6.29 Å². The predicted molar refractivity (Wildman–Crippen MR) is 81.0 cm³/mol. The Hall–Kier alpha value is 0.660. The Kier molecular flexibility index (Phi) is 5.95. The molecule has 0 N–H and O–H groups in total. The predicted octanol–water partition coefficient (Wildman–Crippen LogP) is 4.40. The quantitative estimate of drug-likeness (QED) is 0.615. The van der Waals surface area contributed by atoms with Crippen molar-refractivity contribution in [2.45, 2.75) is 59.5 Å². The normalized spacial score (nSPS) is 37.8. The molecule has 0 bridgehead atoms. The van der Waals surface area contributed by atoms with Crippen LogP contribution in [0, 0.1) is 17.8 Å². The van der Waals surface area contributed by atoms with Crippen molar-refractivity contribution in [3.63, 3.8) is 0 Å². The molecule has 108 valence electrons. The Labute approximate surface area is 118 Å². The molecule has 5 heteroatoms. The van der Waals surface area contributed by atoms with Crippen LogP contribution in [0.4, 0.5) is 0 Å². The summed E-state index contributed by atoms with van der Waals surface area (Å²) in [4.78, 5) is 0.